The Morgan fingerprint density at radius 3 is 0.400 bits per heavy atom. The van der Waals surface area contributed by atoms with Crippen molar-refractivity contribution in [2.45, 2.75) is 0 Å². The second-order valence-corrected chi connectivity index (χ2v) is 0. The van der Waals surface area contributed by atoms with Crippen molar-refractivity contribution in [1.29, 1.82) is 31.6 Å². The maximum Gasteiger partial charge on any atom is 3.00 e. The molecule has 0 aliphatic carbocycles. The van der Waals surface area contributed by atoms with Gasteiger partial charge in [-0.25, -0.2) is 0 Å². The van der Waals surface area contributed by atoms with E-state index in [0.29, 0.717) is 0 Å². The van der Waals surface area contributed by atoms with Gasteiger partial charge >= 0.3 is 63.7 Å². The van der Waals surface area contributed by atoms with E-state index >= 15 is 0 Å². The van der Waals surface area contributed by atoms with Crippen molar-refractivity contribution in [3.8, 4) is 0 Å². The molecule has 0 amide bonds. The third-order valence-corrected chi connectivity index (χ3v) is 0. The van der Waals surface area contributed by atoms with Crippen LogP contribution in [0.15, 0.2) is 0 Å². The van der Waals surface area contributed by atoms with Gasteiger partial charge in [0.05, 0.1) is 0 Å². The quantitative estimate of drug-likeness (QED) is 0.359. The fourth-order valence-corrected chi connectivity index (χ4v) is 0. The van der Waals surface area contributed by atoms with E-state index in [1.165, 1.54) is 0 Å². The molecule has 0 saturated carbocycles. The Morgan fingerprint density at radius 1 is 0.400 bits per heavy atom. The predicted molar refractivity (Wildman–Crippen MR) is 29.8 cm³/mol. The summed E-state index contributed by atoms with van der Waals surface area (Å²) in [4.78, 5) is 0. The van der Waals surface area contributed by atoms with Crippen molar-refractivity contribution in [3.63, 3.8) is 0 Å². The maximum atomic E-state index is 6.25. The smallest absolute Gasteiger partial charge is 0.512 e. The molecule has 0 unspecified atom stereocenters. The fourth-order valence-electron chi connectivity index (χ4n) is 0. The first-order valence-corrected chi connectivity index (χ1v) is 1.34. The number of hydrogen-bond acceptors (Lipinski definition) is 6. The molecule has 0 rings (SSSR count). The van der Waals surface area contributed by atoms with Gasteiger partial charge in [-0.2, -0.15) is 0 Å². The predicted octanol–water partition coefficient (Wildman–Crippen LogP) is -2.42. The Hall–Kier alpha value is -1.02. The standard InChI is InChI=1S/6CN.2Fe.Na/c6*1-2;;;/q6*-1;+2;+3;+1. The van der Waals surface area contributed by atoms with Crippen molar-refractivity contribution in [2.24, 2.45) is 0 Å². The first kappa shape index (κ1) is 95.0. The molecule has 9 heteroatoms. The topological polar surface area (TPSA) is 143 Å². The molecular weight excluding hydrogens is 291 g/mol. The normalized spacial score (nSPS) is 0.800. The molecule has 0 saturated heterocycles. The van der Waals surface area contributed by atoms with Crippen LogP contribution in [0.25, 0.3) is 0 Å². The first-order valence-electron chi connectivity index (χ1n) is 1.34. The third-order valence-electron chi connectivity index (χ3n) is 0. The van der Waals surface area contributed by atoms with E-state index in [1.807, 2.05) is 0 Å². The molecule has 0 aromatic heterocycles. The van der Waals surface area contributed by atoms with Crippen LogP contribution >= 0.6 is 0 Å². The molecule has 0 aliphatic heterocycles. The summed E-state index contributed by atoms with van der Waals surface area (Å²) in [7, 11) is 0. The Labute approximate surface area is 134 Å². The summed E-state index contributed by atoms with van der Waals surface area (Å²) in [6.45, 7) is 28.5. The maximum absolute atomic E-state index is 6.25. The summed E-state index contributed by atoms with van der Waals surface area (Å²) in [6, 6.07) is 0. The summed E-state index contributed by atoms with van der Waals surface area (Å²) in [5.41, 5.74) is 0. The van der Waals surface area contributed by atoms with Crippen LogP contribution in [-0.4, -0.2) is 0 Å². The van der Waals surface area contributed by atoms with Crippen molar-refractivity contribution in [2.75, 3.05) is 0 Å². The molecule has 0 atom stereocenters. The average Bonchev–Trinajstić information content (AvgIpc) is 2.33. The molecular formula is C6Fe2N6Na. The molecule has 6 nitrogen and oxygen atoms in total. The molecule has 0 bridgehead atoms. The summed E-state index contributed by atoms with van der Waals surface area (Å²) in [5, 5.41) is 37.5. The van der Waals surface area contributed by atoms with E-state index in [1.54, 1.807) is 0 Å². The van der Waals surface area contributed by atoms with Gasteiger partial charge in [-0.1, -0.05) is 0 Å². The van der Waals surface area contributed by atoms with E-state index in [9.17, 15) is 0 Å². The number of nitrogens with zero attached hydrogens (tertiary/aromatic N) is 6. The molecule has 0 aromatic carbocycles. The number of hydrogen-bond donors (Lipinski definition) is 0. The molecule has 15 heavy (non-hydrogen) atoms. The van der Waals surface area contributed by atoms with Gasteiger partial charge in [0.1, 0.15) is 0 Å². The monoisotopic (exact) mass is 291 g/mol. The molecule has 0 N–H and O–H groups in total. The fraction of sp³-hybridized carbons (Fsp3) is 0. The summed E-state index contributed by atoms with van der Waals surface area (Å²) in [6.07, 6.45) is 0. The molecule has 0 aliphatic rings. The van der Waals surface area contributed by atoms with Crippen molar-refractivity contribution < 1.29 is 63.7 Å². The molecule has 0 spiro atoms. The minimum absolute atomic E-state index is 0. The van der Waals surface area contributed by atoms with Gasteiger partial charge in [0.25, 0.3) is 0 Å². The zero-order valence-corrected chi connectivity index (χ0v) is 11.6. The third kappa shape index (κ3) is 1500. The summed E-state index contributed by atoms with van der Waals surface area (Å²) < 4.78 is 0. The van der Waals surface area contributed by atoms with Crippen molar-refractivity contribution in [1.82, 2.24) is 0 Å². The second kappa shape index (κ2) is 1790. The first-order chi connectivity index (χ1) is 6.00. The van der Waals surface area contributed by atoms with Crippen LogP contribution in [-0.2, 0) is 34.1 Å². The van der Waals surface area contributed by atoms with Gasteiger partial charge in [0, 0.05) is 0 Å². The Balaban J connectivity index is -0.00000000396. The molecule has 0 fully saturated rings. The van der Waals surface area contributed by atoms with Gasteiger partial charge in [0.15, 0.2) is 0 Å². The summed E-state index contributed by atoms with van der Waals surface area (Å²) in [5.74, 6) is 0. The largest absolute Gasteiger partial charge is 3.00 e. The SMILES string of the molecule is [C-]#N.[C-]#N.[C-]#N.[C-]#N.[C-]#N.[C-]#N.[Fe+2].[Fe+3].[Na+]. The Morgan fingerprint density at radius 2 is 0.400 bits per heavy atom. The van der Waals surface area contributed by atoms with Crippen LogP contribution in [0.4, 0.5) is 0 Å². The van der Waals surface area contributed by atoms with Gasteiger partial charge in [-0.3, -0.25) is 0 Å². The van der Waals surface area contributed by atoms with Crippen molar-refractivity contribution >= 4 is 0 Å². The van der Waals surface area contributed by atoms with Gasteiger partial charge in [-0.05, 0) is 0 Å². The van der Waals surface area contributed by atoms with Crippen LogP contribution in [0.3, 0.4) is 0 Å². The van der Waals surface area contributed by atoms with E-state index < -0.39 is 0 Å². The number of rotatable bonds is 0. The molecule has 71 valence electrons. The zero-order valence-electron chi connectivity index (χ0n) is 7.39. The summed E-state index contributed by atoms with van der Waals surface area (Å²) >= 11 is 0. The molecule has 0 aromatic rings. The van der Waals surface area contributed by atoms with Crippen LogP contribution < -0.4 is 29.6 Å². The van der Waals surface area contributed by atoms with Gasteiger partial charge in [-0.15, -0.1) is 0 Å². The van der Waals surface area contributed by atoms with Crippen LogP contribution in [0.1, 0.15) is 0 Å². The Kier molecular flexibility index (Phi) is 11300. The molecule has 0 heterocycles. The van der Waals surface area contributed by atoms with Gasteiger partial charge in [0.2, 0.25) is 0 Å². The minimum atomic E-state index is 0. The van der Waals surface area contributed by atoms with E-state index in [2.05, 4.69) is 0 Å². The van der Waals surface area contributed by atoms with E-state index in [4.69, 9.17) is 71.0 Å². The van der Waals surface area contributed by atoms with Crippen LogP contribution in [0.5, 0.6) is 0 Å². The van der Waals surface area contributed by atoms with Crippen LogP contribution in [0, 0.1) is 71.0 Å². The minimum Gasteiger partial charge on any atom is -0.512 e. The van der Waals surface area contributed by atoms with Gasteiger partial charge < -0.3 is 71.0 Å². The van der Waals surface area contributed by atoms with E-state index in [-0.39, 0.29) is 63.7 Å². The van der Waals surface area contributed by atoms with E-state index in [0.717, 1.165) is 0 Å². The Bertz CT molecular complexity index is 101. The second-order valence-electron chi connectivity index (χ2n) is 0. The zero-order chi connectivity index (χ0) is 12.0. The molecule has 1 radical (unpaired) electrons. The van der Waals surface area contributed by atoms with Crippen molar-refractivity contribution in [3.05, 3.63) is 39.4 Å². The average molecular weight is 291 g/mol. The van der Waals surface area contributed by atoms with Crippen LogP contribution in [0.2, 0.25) is 0 Å².